The highest BCUT2D eigenvalue weighted by Gasteiger charge is 2.17. The van der Waals surface area contributed by atoms with Crippen LogP contribution in [0.3, 0.4) is 0 Å². The van der Waals surface area contributed by atoms with Gasteiger partial charge in [0.1, 0.15) is 17.3 Å². The van der Waals surface area contributed by atoms with E-state index in [-0.39, 0.29) is 28.1 Å². The SMILES string of the molecule is COc1ccc(NS(=O)(=O)c2ccc(NC(=O)CSCc3ccc(F)cc3)cc2)c(OC)c1. The van der Waals surface area contributed by atoms with E-state index in [0.29, 0.717) is 22.9 Å². The molecule has 33 heavy (non-hydrogen) atoms. The fourth-order valence-corrected chi connectivity index (χ4v) is 4.70. The summed E-state index contributed by atoms with van der Waals surface area (Å²) in [5.41, 5.74) is 1.67. The molecule has 0 aliphatic carbocycles. The molecule has 0 aliphatic rings. The highest BCUT2D eigenvalue weighted by Crippen LogP contribution is 2.31. The number of benzene rings is 3. The maximum atomic E-state index is 12.9. The number of nitrogens with one attached hydrogen (secondary N) is 2. The Balaban J connectivity index is 1.57. The third-order valence-electron chi connectivity index (χ3n) is 4.52. The van der Waals surface area contributed by atoms with Crippen LogP contribution in [0.1, 0.15) is 5.56 Å². The van der Waals surface area contributed by atoms with Crippen LogP contribution in [0.4, 0.5) is 15.8 Å². The monoisotopic (exact) mass is 490 g/mol. The van der Waals surface area contributed by atoms with E-state index in [1.54, 1.807) is 30.3 Å². The van der Waals surface area contributed by atoms with Gasteiger partial charge < -0.3 is 14.8 Å². The Hall–Kier alpha value is -3.24. The fourth-order valence-electron chi connectivity index (χ4n) is 2.84. The van der Waals surface area contributed by atoms with E-state index >= 15 is 0 Å². The lowest BCUT2D eigenvalue weighted by Crippen LogP contribution is -2.15. The predicted molar refractivity (Wildman–Crippen MR) is 128 cm³/mol. The summed E-state index contributed by atoms with van der Waals surface area (Å²) in [4.78, 5) is 12.2. The van der Waals surface area contributed by atoms with E-state index in [9.17, 15) is 17.6 Å². The zero-order chi connectivity index (χ0) is 23.8. The molecule has 3 rings (SSSR count). The van der Waals surface area contributed by atoms with Crippen LogP contribution in [-0.4, -0.2) is 34.3 Å². The van der Waals surface area contributed by atoms with Crippen molar-refractivity contribution in [3.05, 3.63) is 78.1 Å². The van der Waals surface area contributed by atoms with Gasteiger partial charge in [-0.2, -0.15) is 0 Å². The summed E-state index contributed by atoms with van der Waals surface area (Å²) >= 11 is 1.39. The minimum atomic E-state index is -3.87. The van der Waals surface area contributed by atoms with Crippen molar-refractivity contribution in [1.29, 1.82) is 0 Å². The molecule has 0 spiro atoms. The molecule has 174 valence electrons. The molecule has 1 amide bonds. The molecule has 10 heteroatoms. The first-order valence-electron chi connectivity index (χ1n) is 9.77. The fraction of sp³-hybridized carbons (Fsp3) is 0.174. The van der Waals surface area contributed by atoms with Gasteiger partial charge in [-0.1, -0.05) is 12.1 Å². The van der Waals surface area contributed by atoms with Crippen molar-refractivity contribution >= 4 is 39.1 Å². The largest absolute Gasteiger partial charge is 0.497 e. The first kappa shape index (κ1) is 24.4. The second-order valence-corrected chi connectivity index (χ2v) is 9.53. The van der Waals surface area contributed by atoms with Gasteiger partial charge in [0.05, 0.1) is 30.6 Å². The van der Waals surface area contributed by atoms with Crippen LogP contribution in [-0.2, 0) is 20.6 Å². The van der Waals surface area contributed by atoms with Crippen LogP contribution in [0, 0.1) is 5.82 Å². The summed E-state index contributed by atoms with van der Waals surface area (Å²) in [5, 5.41) is 2.73. The molecule has 0 unspecified atom stereocenters. The molecule has 2 N–H and O–H groups in total. The second-order valence-electron chi connectivity index (χ2n) is 6.86. The number of carbonyl (C=O) groups excluding carboxylic acids is 1. The maximum absolute atomic E-state index is 12.9. The molecule has 0 saturated carbocycles. The first-order valence-corrected chi connectivity index (χ1v) is 12.4. The average Bonchev–Trinajstić information content (AvgIpc) is 2.81. The lowest BCUT2D eigenvalue weighted by molar-refractivity contribution is -0.113. The summed E-state index contributed by atoms with van der Waals surface area (Å²) in [6, 6.07) is 16.7. The summed E-state index contributed by atoms with van der Waals surface area (Å²) in [6.45, 7) is 0. The van der Waals surface area contributed by atoms with Crippen molar-refractivity contribution in [3.8, 4) is 11.5 Å². The van der Waals surface area contributed by atoms with Gasteiger partial charge in [0, 0.05) is 17.5 Å². The molecule has 0 saturated heterocycles. The molecule has 0 fully saturated rings. The Morgan fingerprint density at radius 1 is 0.970 bits per heavy atom. The molecule has 3 aromatic rings. The quantitative estimate of drug-likeness (QED) is 0.434. The first-order chi connectivity index (χ1) is 15.8. The Kier molecular flexibility index (Phi) is 8.18. The van der Waals surface area contributed by atoms with E-state index in [0.717, 1.165) is 5.56 Å². The standard InChI is InChI=1S/C23H23FN2O5S2/c1-30-19-9-12-21(22(13-19)31-2)26-33(28,29)20-10-7-18(8-11-20)25-23(27)15-32-14-16-3-5-17(24)6-4-16/h3-13,26H,14-15H2,1-2H3,(H,25,27). The number of hydrogen-bond acceptors (Lipinski definition) is 6. The number of halogens is 1. The van der Waals surface area contributed by atoms with Gasteiger partial charge in [-0.25, -0.2) is 12.8 Å². The lowest BCUT2D eigenvalue weighted by Gasteiger charge is -2.13. The molecule has 0 aliphatic heterocycles. The van der Waals surface area contributed by atoms with E-state index in [1.807, 2.05) is 0 Å². The normalized spacial score (nSPS) is 11.0. The van der Waals surface area contributed by atoms with Gasteiger partial charge in [-0.3, -0.25) is 9.52 Å². The topological polar surface area (TPSA) is 93.7 Å². The van der Waals surface area contributed by atoms with Crippen molar-refractivity contribution in [2.75, 3.05) is 30.0 Å². The summed E-state index contributed by atoms with van der Waals surface area (Å²) in [7, 11) is -0.937. The van der Waals surface area contributed by atoms with Crippen molar-refractivity contribution in [2.45, 2.75) is 10.6 Å². The molecular weight excluding hydrogens is 467 g/mol. The third kappa shape index (κ3) is 6.87. The molecule has 0 aromatic heterocycles. The van der Waals surface area contributed by atoms with Gasteiger partial charge in [-0.05, 0) is 54.1 Å². The second kappa shape index (κ2) is 11.1. The minimum Gasteiger partial charge on any atom is -0.497 e. The highest BCUT2D eigenvalue weighted by atomic mass is 32.2. The Morgan fingerprint density at radius 3 is 2.30 bits per heavy atom. The van der Waals surface area contributed by atoms with Gasteiger partial charge >= 0.3 is 0 Å². The van der Waals surface area contributed by atoms with Gasteiger partial charge in [0.15, 0.2) is 0 Å². The van der Waals surface area contributed by atoms with E-state index in [2.05, 4.69) is 10.0 Å². The van der Waals surface area contributed by atoms with Crippen molar-refractivity contribution in [3.63, 3.8) is 0 Å². The van der Waals surface area contributed by atoms with Crippen LogP contribution in [0.25, 0.3) is 0 Å². The van der Waals surface area contributed by atoms with E-state index in [4.69, 9.17) is 9.47 Å². The lowest BCUT2D eigenvalue weighted by atomic mass is 10.2. The third-order valence-corrected chi connectivity index (χ3v) is 6.90. The number of sulfonamides is 1. The molecule has 0 atom stereocenters. The van der Waals surface area contributed by atoms with Crippen LogP contribution in [0.5, 0.6) is 11.5 Å². The summed E-state index contributed by atoms with van der Waals surface area (Å²) < 4.78 is 51.2. The van der Waals surface area contributed by atoms with Crippen molar-refractivity contribution in [1.82, 2.24) is 0 Å². The van der Waals surface area contributed by atoms with Crippen LogP contribution in [0.15, 0.2) is 71.6 Å². The maximum Gasteiger partial charge on any atom is 0.262 e. The predicted octanol–water partition coefficient (Wildman–Crippen LogP) is 4.52. The zero-order valence-electron chi connectivity index (χ0n) is 18.0. The highest BCUT2D eigenvalue weighted by molar-refractivity contribution is 7.99. The smallest absolute Gasteiger partial charge is 0.262 e. The Bertz CT molecular complexity index is 1200. The molecule has 7 nitrogen and oxygen atoms in total. The number of hydrogen-bond donors (Lipinski definition) is 2. The molecule has 0 bridgehead atoms. The molecule has 0 heterocycles. The Morgan fingerprint density at radius 2 is 1.67 bits per heavy atom. The molecule has 3 aromatic carbocycles. The number of rotatable bonds is 10. The van der Waals surface area contributed by atoms with Crippen molar-refractivity contribution in [2.24, 2.45) is 0 Å². The minimum absolute atomic E-state index is 0.0315. The van der Waals surface area contributed by atoms with E-state index < -0.39 is 10.0 Å². The zero-order valence-corrected chi connectivity index (χ0v) is 19.6. The van der Waals surface area contributed by atoms with E-state index in [1.165, 1.54) is 62.4 Å². The van der Waals surface area contributed by atoms with Gasteiger partial charge in [-0.15, -0.1) is 11.8 Å². The van der Waals surface area contributed by atoms with Gasteiger partial charge in [0.25, 0.3) is 10.0 Å². The number of thioether (sulfide) groups is 1. The number of carbonyl (C=O) groups is 1. The Labute approximate surface area is 196 Å². The van der Waals surface area contributed by atoms with Gasteiger partial charge in [0.2, 0.25) is 5.91 Å². The van der Waals surface area contributed by atoms with Crippen LogP contribution < -0.4 is 19.5 Å². The number of amides is 1. The molecule has 0 radical (unpaired) electrons. The number of methoxy groups -OCH3 is 2. The van der Waals surface area contributed by atoms with Crippen LogP contribution in [0.2, 0.25) is 0 Å². The van der Waals surface area contributed by atoms with Crippen molar-refractivity contribution < 1.29 is 27.1 Å². The number of ether oxygens (including phenoxy) is 2. The number of anilines is 2. The molecular formula is C23H23FN2O5S2. The summed E-state index contributed by atoms with van der Waals surface area (Å²) in [6.07, 6.45) is 0. The summed E-state index contributed by atoms with van der Waals surface area (Å²) in [5.74, 6) is 1.11. The van der Waals surface area contributed by atoms with Crippen LogP contribution >= 0.6 is 11.8 Å². The average molecular weight is 491 g/mol.